The Morgan fingerprint density at radius 3 is 2.20 bits per heavy atom. The summed E-state index contributed by atoms with van der Waals surface area (Å²) in [5, 5.41) is -0.801. The highest BCUT2D eigenvalue weighted by Crippen LogP contribution is 2.31. The van der Waals surface area contributed by atoms with E-state index in [9.17, 15) is 16.8 Å². The molecule has 7 nitrogen and oxygen atoms in total. The summed E-state index contributed by atoms with van der Waals surface area (Å²) in [7, 11) is -7.23. The van der Waals surface area contributed by atoms with Gasteiger partial charge >= 0.3 is 0 Å². The minimum absolute atomic E-state index is 0.139. The highest BCUT2D eigenvalue weighted by atomic mass is 32.2. The number of allylic oxidation sites excluding steroid dienone is 2. The second-order valence-corrected chi connectivity index (χ2v) is 11.9. The highest BCUT2D eigenvalue weighted by Gasteiger charge is 2.32. The maximum Gasteiger partial charge on any atom is 0.242 e. The van der Waals surface area contributed by atoms with Gasteiger partial charge in [0.25, 0.3) is 0 Å². The molecule has 0 saturated carbocycles. The van der Waals surface area contributed by atoms with Gasteiger partial charge in [0.05, 0.1) is 16.3 Å². The van der Waals surface area contributed by atoms with E-state index in [2.05, 4.69) is 9.62 Å². The zero-order chi connectivity index (χ0) is 21.2. The number of nitrogens with one attached hydrogen (secondary N) is 1. The first-order valence-corrected chi connectivity index (χ1v) is 13.6. The number of hydrogen-bond acceptors (Lipinski definition) is 5. The summed E-state index contributed by atoms with van der Waals surface area (Å²) in [6.07, 6.45) is 9.75. The topological polar surface area (TPSA) is 86.8 Å². The molecule has 0 radical (unpaired) electrons. The first kappa shape index (κ1) is 21.4. The van der Waals surface area contributed by atoms with Gasteiger partial charge in [0.15, 0.2) is 0 Å². The Morgan fingerprint density at radius 1 is 0.867 bits per heavy atom. The lowest BCUT2D eigenvalue weighted by Crippen LogP contribution is -2.33. The van der Waals surface area contributed by atoms with Crippen LogP contribution >= 0.6 is 0 Å². The third kappa shape index (κ3) is 4.43. The molecule has 0 aromatic heterocycles. The van der Waals surface area contributed by atoms with Crippen LogP contribution in [0.1, 0.15) is 38.5 Å². The molecule has 1 N–H and O–H groups in total. The van der Waals surface area contributed by atoms with Crippen LogP contribution in [-0.4, -0.2) is 52.6 Å². The average Bonchev–Trinajstić information content (AvgIpc) is 3.31. The molecule has 164 valence electrons. The number of piperidine rings is 1. The third-order valence-electron chi connectivity index (χ3n) is 5.98. The Hall–Kier alpha value is -1.84. The Labute approximate surface area is 179 Å². The van der Waals surface area contributed by atoms with Crippen LogP contribution in [0.2, 0.25) is 0 Å². The standard InChI is InChI=1S/C21H29N3O4S2/c25-29(26,22-20-8-2-3-9-21(20)23-14-4-1-5-15-23)18-10-12-19(13-11-18)30(27,28)24-16-6-7-17-24/h2-3,8-10,12-13,18,22H,1,4-7,11,14-17H2. The van der Waals surface area contributed by atoms with Crippen molar-refractivity contribution in [2.24, 2.45) is 0 Å². The van der Waals surface area contributed by atoms with Gasteiger partial charge in [-0.2, -0.15) is 4.31 Å². The van der Waals surface area contributed by atoms with Crippen molar-refractivity contribution in [3.05, 3.63) is 47.4 Å². The Kier molecular flexibility index (Phi) is 6.22. The molecular formula is C21H29N3O4S2. The molecule has 2 heterocycles. The Bertz CT molecular complexity index is 1040. The predicted molar refractivity (Wildman–Crippen MR) is 120 cm³/mol. The summed E-state index contributed by atoms with van der Waals surface area (Å²) in [5.74, 6) is 0. The molecule has 0 amide bonds. The van der Waals surface area contributed by atoms with Gasteiger partial charge in [-0.25, -0.2) is 16.8 Å². The molecule has 4 rings (SSSR count). The molecule has 0 spiro atoms. The molecule has 2 fully saturated rings. The van der Waals surface area contributed by atoms with Gasteiger partial charge < -0.3 is 4.90 Å². The van der Waals surface area contributed by atoms with Crippen LogP contribution in [0.3, 0.4) is 0 Å². The van der Waals surface area contributed by atoms with E-state index in [1.807, 2.05) is 18.2 Å². The van der Waals surface area contributed by atoms with Crippen molar-refractivity contribution in [2.75, 3.05) is 35.8 Å². The molecule has 1 atom stereocenters. The minimum atomic E-state index is -3.70. The van der Waals surface area contributed by atoms with Crippen molar-refractivity contribution < 1.29 is 16.8 Å². The number of benzene rings is 1. The smallest absolute Gasteiger partial charge is 0.242 e. The van der Waals surface area contributed by atoms with Gasteiger partial charge in [-0.15, -0.1) is 0 Å². The van der Waals surface area contributed by atoms with Gasteiger partial charge in [-0.3, -0.25) is 4.72 Å². The molecule has 1 aromatic carbocycles. The van der Waals surface area contributed by atoms with Crippen LogP contribution < -0.4 is 9.62 Å². The van der Waals surface area contributed by atoms with Crippen LogP contribution in [0.25, 0.3) is 0 Å². The van der Waals surface area contributed by atoms with E-state index in [0.29, 0.717) is 18.8 Å². The van der Waals surface area contributed by atoms with Crippen LogP contribution in [-0.2, 0) is 20.0 Å². The van der Waals surface area contributed by atoms with Crippen molar-refractivity contribution in [3.8, 4) is 0 Å². The van der Waals surface area contributed by atoms with E-state index in [4.69, 9.17) is 0 Å². The van der Waals surface area contributed by atoms with E-state index in [-0.39, 0.29) is 11.3 Å². The second-order valence-electron chi connectivity index (χ2n) is 8.06. The van der Waals surface area contributed by atoms with E-state index in [1.165, 1.54) is 29.0 Å². The van der Waals surface area contributed by atoms with Crippen molar-refractivity contribution in [2.45, 2.75) is 43.8 Å². The number of anilines is 2. The van der Waals surface area contributed by atoms with Crippen LogP contribution in [0.15, 0.2) is 47.4 Å². The largest absolute Gasteiger partial charge is 0.370 e. The second kappa shape index (κ2) is 8.72. The van der Waals surface area contributed by atoms with Gasteiger partial charge in [-0.1, -0.05) is 24.3 Å². The minimum Gasteiger partial charge on any atom is -0.370 e. The lowest BCUT2D eigenvalue weighted by atomic mass is 10.1. The number of hydrogen-bond donors (Lipinski definition) is 1. The fraction of sp³-hybridized carbons (Fsp3) is 0.524. The maximum atomic E-state index is 13.0. The lowest BCUT2D eigenvalue weighted by Gasteiger charge is -2.31. The molecule has 2 aliphatic heterocycles. The fourth-order valence-electron chi connectivity index (χ4n) is 4.28. The first-order valence-electron chi connectivity index (χ1n) is 10.6. The van der Waals surface area contributed by atoms with Crippen molar-refractivity contribution in [1.82, 2.24) is 4.31 Å². The SMILES string of the molecule is O=S(=O)(Nc1ccccc1N1CCCCC1)C1C=CC(S(=O)(=O)N2CCCC2)=CC1. The molecule has 1 unspecified atom stereocenters. The van der Waals surface area contributed by atoms with Crippen molar-refractivity contribution in [1.29, 1.82) is 0 Å². The summed E-state index contributed by atoms with van der Waals surface area (Å²) in [6, 6.07) is 7.47. The Morgan fingerprint density at radius 2 is 1.53 bits per heavy atom. The number of nitrogens with zero attached hydrogens (tertiary/aromatic N) is 2. The molecule has 2 saturated heterocycles. The molecule has 30 heavy (non-hydrogen) atoms. The molecule has 3 aliphatic rings. The molecule has 9 heteroatoms. The predicted octanol–water partition coefficient (Wildman–Crippen LogP) is 3.06. The summed E-state index contributed by atoms with van der Waals surface area (Å²) in [5.41, 5.74) is 1.47. The monoisotopic (exact) mass is 451 g/mol. The first-order chi connectivity index (χ1) is 14.4. The Balaban J connectivity index is 1.48. The van der Waals surface area contributed by atoms with Crippen LogP contribution in [0, 0.1) is 0 Å². The normalized spacial score (nSPS) is 23.4. The number of rotatable bonds is 6. The zero-order valence-electron chi connectivity index (χ0n) is 17.0. The van der Waals surface area contributed by atoms with Crippen LogP contribution in [0.5, 0.6) is 0 Å². The molecule has 1 aliphatic carbocycles. The summed E-state index contributed by atoms with van der Waals surface area (Å²) < 4.78 is 55.7. The molecule has 0 bridgehead atoms. The van der Waals surface area contributed by atoms with Gasteiger partial charge in [0, 0.05) is 26.2 Å². The number of sulfonamides is 2. The van der Waals surface area contributed by atoms with Crippen molar-refractivity contribution in [3.63, 3.8) is 0 Å². The van der Waals surface area contributed by atoms with E-state index in [1.54, 1.807) is 6.07 Å². The average molecular weight is 452 g/mol. The van der Waals surface area contributed by atoms with Crippen LogP contribution in [0.4, 0.5) is 11.4 Å². The maximum absolute atomic E-state index is 13.0. The molecular weight excluding hydrogens is 422 g/mol. The number of para-hydroxylation sites is 2. The molecule has 1 aromatic rings. The summed E-state index contributed by atoms with van der Waals surface area (Å²) in [6.45, 7) is 2.90. The highest BCUT2D eigenvalue weighted by molar-refractivity contribution is 7.94. The zero-order valence-corrected chi connectivity index (χ0v) is 18.7. The van der Waals surface area contributed by atoms with E-state index in [0.717, 1.165) is 44.5 Å². The van der Waals surface area contributed by atoms with E-state index < -0.39 is 25.3 Å². The summed E-state index contributed by atoms with van der Waals surface area (Å²) in [4.78, 5) is 2.42. The quantitative estimate of drug-likeness (QED) is 0.718. The summed E-state index contributed by atoms with van der Waals surface area (Å²) >= 11 is 0. The lowest BCUT2D eigenvalue weighted by molar-refractivity contribution is 0.484. The van der Waals surface area contributed by atoms with Gasteiger partial charge in [-0.05, 0) is 56.7 Å². The van der Waals surface area contributed by atoms with Gasteiger partial charge in [0.1, 0.15) is 5.25 Å². The fourth-order valence-corrected chi connectivity index (χ4v) is 7.14. The third-order valence-corrected chi connectivity index (χ3v) is 9.58. The van der Waals surface area contributed by atoms with E-state index >= 15 is 0 Å². The van der Waals surface area contributed by atoms with Gasteiger partial charge in [0.2, 0.25) is 20.0 Å². The van der Waals surface area contributed by atoms with Crippen molar-refractivity contribution >= 4 is 31.4 Å².